The van der Waals surface area contributed by atoms with Crippen molar-refractivity contribution < 1.29 is 19.1 Å². The number of likely N-dealkylation sites (tertiary alicyclic amines) is 1. The molecule has 0 N–H and O–H groups in total. The molecule has 1 spiro atoms. The van der Waals surface area contributed by atoms with Gasteiger partial charge in [-0.1, -0.05) is 36.4 Å². The number of carbonyl (C=O) groups excluding carboxylic acids is 2. The number of aromatic nitrogens is 1. The fourth-order valence-electron chi connectivity index (χ4n) is 4.60. The van der Waals surface area contributed by atoms with E-state index in [4.69, 9.17) is 9.47 Å². The van der Waals surface area contributed by atoms with Crippen LogP contribution in [-0.4, -0.2) is 40.3 Å². The predicted molar refractivity (Wildman–Crippen MR) is 124 cm³/mol. The summed E-state index contributed by atoms with van der Waals surface area (Å²) in [7, 11) is 0. The zero-order valence-electron chi connectivity index (χ0n) is 18.6. The largest absolute Gasteiger partial charge is 0.488 e. The first-order chi connectivity index (χ1) is 16.0. The third-order valence-corrected chi connectivity index (χ3v) is 6.54. The number of carbonyl (C=O) groups is 2. The van der Waals surface area contributed by atoms with Crippen molar-refractivity contribution in [3.8, 4) is 11.5 Å². The van der Waals surface area contributed by atoms with Gasteiger partial charge in [0.25, 0.3) is 5.91 Å². The van der Waals surface area contributed by atoms with E-state index in [2.05, 4.69) is 4.98 Å². The third kappa shape index (κ3) is 4.21. The zero-order chi connectivity index (χ0) is 22.8. The fourth-order valence-corrected chi connectivity index (χ4v) is 4.60. The van der Waals surface area contributed by atoms with Gasteiger partial charge in [0.15, 0.2) is 5.78 Å². The van der Waals surface area contributed by atoms with Gasteiger partial charge in [-0.15, -0.1) is 0 Å². The number of piperidine rings is 1. The monoisotopic (exact) mass is 442 g/mol. The highest BCUT2D eigenvalue weighted by Crippen LogP contribution is 2.43. The molecular formula is C27H26N2O4. The van der Waals surface area contributed by atoms with Gasteiger partial charge >= 0.3 is 0 Å². The molecule has 5 rings (SSSR count). The molecule has 0 saturated carbocycles. The Kier molecular flexibility index (Phi) is 5.58. The highest BCUT2D eigenvalue weighted by Gasteiger charge is 2.44. The molecular weight excluding hydrogens is 416 g/mol. The molecule has 2 aromatic carbocycles. The van der Waals surface area contributed by atoms with Crippen molar-refractivity contribution in [2.75, 3.05) is 13.1 Å². The normalized spacial score (nSPS) is 16.8. The molecule has 0 unspecified atom stereocenters. The van der Waals surface area contributed by atoms with E-state index in [0.717, 1.165) is 11.1 Å². The number of ether oxygens (including phenoxy) is 2. The Morgan fingerprint density at radius 2 is 1.82 bits per heavy atom. The van der Waals surface area contributed by atoms with Crippen molar-refractivity contribution in [2.45, 2.75) is 38.4 Å². The van der Waals surface area contributed by atoms with Gasteiger partial charge in [0, 0.05) is 37.7 Å². The molecule has 3 aromatic rings. The molecule has 6 nitrogen and oxygen atoms in total. The minimum atomic E-state index is -0.589. The maximum absolute atomic E-state index is 13.0. The van der Waals surface area contributed by atoms with Crippen LogP contribution in [0, 0.1) is 6.92 Å². The van der Waals surface area contributed by atoms with E-state index < -0.39 is 5.60 Å². The summed E-state index contributed by atoms with van der Waals surface area (Å²) in [5, 5.41) is 0. The summed E-state index contributed by atoms with van der Waals surface area (Å²) >= 11 is 0. The van der Waals surface area contributed by atoms with Gasteiger partial charge in [-0.25, -0.2) is 0 Å². The maximum Gasteiger partial charge on any atom is 0.272 e. The van der Waals surface area contributed by atoms with E-state index in [1.807, 2.05) is 49.4 Å². The molecule has 1 fully saturated rings. The topological polar surface area (TPSA) is 68.7 Å². The SMILES string of the molecule is Cc1c(OCc2ccccc2)ccc2c1OC1(CCN(C(=O)c3ccccn3)CC1)CC2=O. The van der Waals surface area contributed by atoms with Gasteiger partial charge in [-0.3, -0.25) is 14.6 Å². The van der Waals surface area contributed by atoms with Crippen LogP contribution in [0.25, 0.3) is 0 Å². The standard InChI is InChI=1S/C27H26N2O4/c1-19-24(32-18-20-7-3-2-4-8-20)11-10-21-23(30)17-27(33-25(19)21)12-15-29(16-13-27)26(31)22-9-5-6-14-28-22/h2-11,14H,12-13,15-18H2,1H3. The number of ketones is 1. The predicted octanol–water partition coefficient (Wildman–Crippen LogP) is 4.61. The van der Waals surface area contributed by atoms with E-state index in [1.165, 1.54) is 0 Å². The summed E-state index contributed by atoms with van der Waals surface area (Å²) in [5.41, 5.74) is 2.37. The van der Waals surface area contributed by atoms with Crippen molar-refractivity contribution in [2.24, 2.45) is 0 Å². The van der Waals surface area contributed by atoms with Crippen LogP contribution >= 0.6 is 0 Å². The molecule has 2 aliphatic rings. The lowest BCUT2D eigenvalue weighted by Crippen LogP contribution is -2.52. The fraction of sp³-hybridized carbons (Fsp3) is 0.296. The minimum Gasteiger partial charge on any atom is -0.488 e. The average molecular weight is 443 g/mol. The Balaban J connectivity index is 1.31. The van der Waals surface area contributed by atoms with Crippen LogP contribution < -0.4 is 9.47 Å². The van der Waals surface area contributed by atoms with Gasteiger partial charge in [0.05, 0.1) is 12.0 Å². The number of fused-ring (bicyclic) bond motifs is 1. The molecule has 3 heterocycles. The van der Waals surface area contributed by atoms with Crippen LogP contribution in [-0.2, 0) is 6.61 Å². The summed E-state index contributed by atoms with van der Waals surface area (Å²) in [6.07, 6.45) is 3.16. The highest BCUT2D eigenvalue weighted by atomic mass is 16.5. The summed E-state index contributed by atoms with van der Waals surface area (Å²) in [6, 6.07) is 19.0. The maximum atomic E-state index is 13.0. The van der Waals surface area contributed by atoms with Crippen LogP contribution in [0.5, 0.6) is 11.5 Å². The quantitative estimate of drug-likeness (QED) is 0.590. The molecule has 33 heavy (non-hydrogen) atoms. The van der Waals surface area contributed by atoms with Crippen molar-refractivity contribution in [1.29, 1.82) is 0 Å². The Bertz CT molecular complexity index is 1170. The lowest BCUT2D eigenvalue weighted by atomic mass is 9.82. The number of hydrogen-bond acceptors (Lipinski definition) is 5. The van der Waals surface area contributed by atoms with E-state index in [1.54, 1.807) is 29.3 Å². The summed E-state index contributed by atoms with van der Waals surface area (Å²) in [5.74, 6) is 1.32. The number of Topliss-reactive ketones (excluding diaryl/α,β-unsaturated/α-hetero) is 1. The van der Waals surface area contributed by atoms with Crippen LogP contribution in [0.1, 0.15) is 51.2 Å². The van der Waals surface area contributed by atoms with Crippen LogP contribution in [0.2, 0.25) is 0 Å². The molecule has 2 aliphatic heterocycles. The summed E-state index contributed by atoms with van der Waals surface area (Å²) < 4.78 is 12.6. The van der Waals surface area contributed by atoms with Gasteiger partial charge in [-0.2, -0.15) is 0 Å². The smallest absolute Gasteiger partial charge is 0.272 e. The average Bonchev–Trinajstić information content (AvgIpc) is 2.85. The Labute approximate surface area is 193 Å². The molecule has 0 bridgehead atoms. The lowest BCUT2D eigenvalue weighted by molar-refractivity contribution is -0.00647. The molecule has 0 atom stereocenters. The lowest BCUT2D eigenvalue weighted by Gasteiger charge is -2.44. The van der Waals surface area contributed by atoms with Crippen molar-refractivity contribution in [3.05, 3.63) is 89.2 Å². The van der Waals surface area contributed by atoms with Crippen molar-refractivity contribution >= 4 is 11.7 Å². The second kappa shape index (κ2) is 8.70. The first kappa shape index (κ1) is 21.2. The molecule has 0 radical (unpaired) electrons. The Morgan fingerprint density at radius 1 is 1.06 bits per heavy atom. The second-order valence-electron chi connectivity index (χ2n) is 8.73. The number of amides is 1. The highest BCUT2D eigenvalue weighted by molar-refractivity contribution is 6.01. The zero-order valence-corrected chi connectivity index (χ0v) is 18.6. The first-order valence-corrected chi connectivity index (χ1v) is 11.3. The van der Waals surface area contributed by atoms with E-state index in [9.17, 15) is 9.59 Å². The molecule has 1 saturated heterocycles. The third-order valence-electron chi connectivity index (χ3n) is 6.54. The van der Waals surface area contributed by atoms with Gasteiger partial charge in [0.1, 0.15) is 29.4 Å². The minimum absolute atomic E-state index is 0.0819. The van der Waals surface area contributed by atoms with Crippen molar-refractivity contribution in [1.82, 2.24) is 9.88 Å². The van der Waals surface area contributed by atoms with Crippen LogP contribution in [0.3, 0.4) is 0 Å². The van der Waals surface area contributed by atoms with Gasteiger partial charge in [0.2, 0.25) is 0 Å². The van der Waals surface area contributed by atoms with E-state index in [0.29, 0.717) is 61.7 Å². The second-order valence-corrected chi connectivity index (χ2v) is 8.73. The number of hydrogen-bond donors (Lipinski definition) is 0. The molecule has 0 aliphatic carbocycles. The number of rotatable bonds is 4. The van der Waals surface area contributed by atoms with E-state index >= 15 is 0 Å². The number of pyridine rings is 1. The molecule has 1 amide bonds. The van der Waals surface area contributed by atoms with E-state index in [-0.39, 0.29) is 11.7 Å². The van der Waals surface area contributed by atoms with Gasteiger partial charge < -0.3 is 14.4 Å². The molecule has 1 aromatic heterocycles. The molecule has 6 heteroatoms. The first-order valence-electron chi connectivity index (χ1n) is 11.3. The Hall–Kier alpha value is -3.67. The summed E-state index contributed by atoms with van der Waals surface area (Å²) in [4.78, 5) is 31.8. The number of benzene rings is 2. The summed E-state index contributed by atoms with van der Waals surface area (Å²) in [6.45, 7) is 3.44. The van der Waals surface area contributed by atoms with Crippen molar-refractivity contribution in [3.63, 3.8) is 0 Å². The van der Waals surface area contributed by atoms with Gasteiger partial charge in [-0.05, 0) is 36.8 Å². The number of nitrogens with zero attached hydrogens (tertiary/aromatic N) is 2. The van der Waals surface area contributed by atoms with Crippen LogP contribution in [0.15, 0.2) is 66.9 Å². The van der Waals surface area contributed by atoms with Crippen LogP contribution in [0.4, 0.5) is 0 Å². The Morgan fingerprint density at radius 3 is 2.55 bits per heavy atom. The molecule has 168 valence electrons.